The molecule has 2 N–H and O–H groups in total. The number of halogens is 4. The van der Waals surface area contributed by atoms with Crippen molar-refractivity contribution < 1.29 is 18.0 Å². The van der Waals surface area contributed by atoms with Gasteiger partial charge in [0, 0.05) is 16.7 Å². The molecule has 1 aliphatic heterocycles. The topological polar surface area (TPSA) is 44.4 Å². The number of alkyl halides is 3. The molecule has 148 valence electrons. The van der Waals surface area contributed by atoms with Gasteiger partial charge in [-0.3, -0.25) is 10.1 Å². The van der Waals surface area contributed by atoms with E-state index in [-0.39, 0.29) is 10.8 Å². The number of thiocarbonyl (C=S) groups is 1. The van der Waals surface area contributed by atoms with Gasteiger partial charge < -0.3 is 10.2 Å². The second-order valence-electron chi connectivity index (χ2n) is 6.31. The number of amides is 1. The molecule has 0 saturated carbocycles. The summed E-state index contributed by atoms with van der Waals surface area (Å²) in [4.78, 5) is 14.4. The molecule has 1 fully saturated rings. The van der Waals surface area contributed by atoms with Gasteiger partial charge in [0.05, 0.1) is 22.5 Å². The Morgan fingerprint density at radius 3 is 2.43 bits per heavy atom. The number of carbonyl (C=O) groups is 1. The van der Waals surface area contributed by atoms with E-state index < -0.39 is 17.6 Å². The zero-order valence-electron chi connectivity index (χ0n) is 14.6. The normalized spacial score (nSPS) is 14.1. The summed E-state index contributed by atoms with van der Waals surface area (Å²) < 4.78 is 40.2. The van der Waals surface area contributed by atoms with Gasteiger partial charge in [-0.1, -0.05) is 12.1 Å². The van der Waals surface area contributed by atoms with Crippen LogP contribution in [-0.4, -0.2) is 24.1 Å². The second-order valence-corrected chi connectivity index (χ2v) is 7.88. The van der Waals surface area contributed by atoms with E-state index in [1.807, 2.05) is 27.5 Å². The maximum absolute atomic E-state index is 13.1. The zero-order valence-corrected chi connectivity index (χ0v) is 17.6. The molecule has 0 bridgehead atoms. The minimum Gasteiger partial charge on any atom is -0.370 e. The van der Waals surface area contributed by atoms with Gasteiger partial charge in [0.15, 0.2) is 5.11 Å². The molecule has 1 heterocycles. The first-order valence-corrected chi connectivity index (χ1v) is 10.1. The Balaban J connectivity index is 1.82. The molecule has 28 heavy (non-hydrogen) atoms. The van der Waals surface area contributed by atoms with Crippen molar-refractivity contribution in [2.24, 2.45) is 0 Å². The van der Waals surface area contributed by atoms with Crippen LogP contribution >= 0.6 is 34.8 Å². The third kappa shape index (κ3) is 4.93. The predicted molar refractivity (Wildman–Crippen MR) is 116 cm³/mol. The third-order valence-electron chi connectivity index (χ3n) is 4.36. The van der Waals surface area contributed by atoms with E-state index in [0.717, 1.165) is 41.6 Å². The molecule has 4 nitrogen and oxygen atoms in total. The van der Waals surface area contributed by atoms with Crippen molar-refractivity contribution in [3.63, 3.8) is 0 Å². The Morgan fingerprint density at radius 2 is 1.79 bits per heavy atom. The highest BCUT2D eigenvalue weighted by atomic mass is 127. The lowest BCUT2D eigenvalue weighted by Gasteiger charge is -2.23. The van der Waals surface area contributed by atoms with Crippen molar-refractivity contribution in [1.29, 1.82) is 0 Å². The van der Waals surface area contributed by atoms with E-state index in [4.69, 9.17) is 12.2 Å². The first kappa shape index (κ1) is 20.8. The molecule has 2 aromatic rings. The maximum atomic E-state index is 13.1. The van der Waals surface area contributed by atoms with Crippen LogP contribution in [0, 0.1) is 3.57 Å². The highest BCUT2D eigenvalue weighted by Gasteiger charge is 2.32. The summed E-state index contributed by atoms with van der Waals surface area (Å²) in [6.07, 6.45) is -2.51. The van der Waals surface area contributed by atoms with E-state index in [9.17, 15) is 18.0 Å². The number of hydrogen-bond acceptors (Lipinski definition) is 3. The lowest BCUT2D eigenvalue weighted by atomic mass is 10.1. The molecular formula is C19H17F3IN3OS. The van der Waals surface area contributed by atoms with E-state index in [1.165, 1.54) is 6.07 Å². The SMILES string of the molecule is O=C(NC(=S)Nc1cc(C(F)(F)F)ccc1N1CCCC1)c1ccccc1I. The highest BCUT2D eigenvalue weighted by molar-refractivity contribution is 14.1. The van der Waals surface area contributed by atoms with Crippen molar-refractivity contribution in [2.75, 3.05) is 23.3 Å². The van der Waals surface area contributed by atoms with Gasteiger partial charge >= 0.3 is 6.18 Å². The number of nitrogens with zero attached hydrogens (tertiary/aromatic N) is 1. The van der Waals surface area contributed by atoms with Gasteiger partial charge in [0.2, 0.25) is 0 Å². The molecular weight excluding hydrogens is 502 g/mol. The fourth-order valence-electron chi connectivity index (χ4n) is 3.02. The zero-order chi connectivity index (χ0) is 20.3. The largest absolute Gasteiger partial charge is 0.416 e. The summed E-state index contributed by atoms with van der Waals surface area (Å²) in [5.41, 5.74) is 0.530. The van der Waals surface area contributed by atoms with Gasteiger partial charge in [0.1, 0.15) is 0 Å². The Bertz CT molecular complexity index is 898. The van der Waals surface area contributed by atoms with Crippen LogP contribution < -0.4 is 15.5 Å². The second kappa shape index (κ2) is 8.64. The Labute approximate surface area is 179 Å². The van der Waals surface area contributed by atoms with Crippen molar-refractivity contribution >= 4 is 57.2 Å². The maximum Gasteiger partial charge on any atom is 0.416 e. The van der Waals surface area contributed by atoms with Crippen molar-refractivity contribution in [3.05, 3.63) is 57.2 Å². The lowest BCUT2D eigenvalue weighted by molar-refractivity contribution is -0.137. The molecule has 2 aromatic carbocycles. The minimum atomic E-state index is -4.47. The molecule has 9 heteroatoms. The Hall–Kier alpha value is -1.88. The average molecular weight is 519 g/mol. The fraction of sp³-hybridized carbons (Fsp3) is 0.263. The Morgan fingerprint density at radius 1 is 1.11 bits per heavy atom. The molecule has 0 spiro atoms. The summed E-state index contributed by atoms with van der Waals surface area (Å²) in [6.45, 7) is 1.53. The number of nitrogens with one attached hydrogen (secondary N) is 2. The van der Waals surface area contributed by atoms with Crippen molar-refractivity contribution in [3.8, 4) is 0 Å². The highest BCUT2D eigenvalue weighted by Crippen LogP contribution is 2.36. The number of carbonyl (C=O) groups excluding carboxylic acids is 1. The standard InChI is InChI=1S/C19H17F3IN3OS/c20-19(21,22)12-7-8-16(26-9-3-4-10-26)15(11-12)24-18(28)25-17(27)13-5-1-2-6-14(13)23/h1-2,5-8,11H,3-4,9-10H2,(H2,24,25,27,28). The van der Waals surface area contributed by atoms with Crippen LogP contribution in [-0.2, 0) is 6.18 Å². The van der Waals surface area contributed by atoms with E-state index in [0.29, 0.717) is 11.3 Å². The number of hydrogen-bond donors (Lipinski definition) is 2. The van der Waals surface area contributed by atoms with Crippen molar-refractivity contribution in [2.45, 2.75) is 19.0 Å². The number of benzene rings is 2. The van der Waals surface area contributed by atoms with Crippen LogP contribution in [0.2, 0.25) is 0 Å². The molecule has 0 atom stereocenters. The van der Waals surface area contributed by atoms with Crippen LogP contribution in [0.3, 0.4) is 0 Å². The van der Waals surface area contributed by atoms with Crippen LogP contribution in [0.4, 0.5) is 24.5 Å². The quantitative estimate of drug-likeness (QED) is 0.441. The first-order valence-electron chi connectivity index (χ1n) is 8.59. The smallest absolute Gasteiger partial charge is 0.370 e. The van der Waals surface area contributed by atoms with Crippen LogP contribution in [0.25, 0.3) is 0 Å². The molecule has 0 aromatic heterocycles. The predicted octanol–water partition coefficient (Wildman–Crippen LogP) is 5.04. The third-order valence-corrected chi connectivity index (χ3v) is 5.51. The number of rotatable bonds is 3. The summed E-state index contributed by atoms with van der Waals surface area (Å²) in [5.74, 6) is -0.419. The monoisotopic (exact) mass is 519 g/mol. The number of anilines is 2. The summed E-state index contributed by atoms with van der Waals surface area (Å²) in [7, 11) is 0. The van der Waals surface area contributed by atoms with Crippen molar-refractivity contribution in [1.82, 2.24) is 5.32 Å². The molecule has 1 amide bonds. The van der Waals surface area contributed by atoms with Crippen LogP contribution in [0.15, 0.2) is 42.5 Å². The molecule has 0 radical (unpaired) electrons. The molecule has 1 aliphatic rings. The summed E-state index contributed by atoms with van der Waals surface area (Å²) in [5, 5.41) is 5.26. The average Bonchev–Trinajstić information content (AvgIpc) is 3.15. The van der Waals surface area contributed by atoms with Gasteiger partial charge in [-0.25, -0.2) is 0 Å². The summed E-state index contributed by atoms with van der Waals surface area (Å²) >= 11 is 7.21. The van der Waals surface area contributed by atoms with Gasteiger partial charge in [-0.2, -0.15) is 13.2 Å². The van der Waals surface area contributed by atoms with E-state index >= 15 is 0 Å². The van der Waals surface area contributed by atoms with Gasteiger partial charge in [-0.05, 0) is 78.0 Å². The Kier molecular flexibility index (Phi) is 6.43. The van der Waals surface area contributed by atoms with Gasteiger partial charge in [-0.15, -0.1) is 0 Å². The fourth-order valence-corrected chi connectivity index (χ4v) is 3.85. The van der Waals surface area contributed by atoms with E-state index in [2.05, 4.69) is 10.6 Å². The molecule has 3 rings (SSSR count). The molecule has 0 aliphatic carbocycles. The van der Waals surface area contributed by atoms with Crippen LogP contribution in [0.5, 0.6) is 0 Å². The first-order chi connectivity index (χ1) is 13.3. The summed E-state index contributed by atoms with van der Waals surface area (Å²) in [6, 6.07) is 10.5. The van der Waals surface area contributed by atoms with Crippen LogP contribution in [0.1, 0.15) is 28.8 Å². The van der Waals surface area contributed by atoms with E-state index in [1.54, 1.807) is 24.3 Å². The molecule has 1 saturated heterocycles. The molecule has 0 unspecified atom stereocenters. The minimum absolute atomic E-state index is 0.0515. The lowest BCUT2D eigenvalue weighted by Crippen LogP contribution is -2.35. The van der Waals surface area contributed by atoms with Gasteiger partial charge in [0.25, 0.3) is 5.91 Å².